The minimum atomic E-state index is -3.82. The van der Waals surface area contributed by atoms with Crippen LogP contribution in [0.5, 0.6) is 11.5 Å². The van der Waals surface area contributed by atoms with Gasteiger partial charge in [0.15, 0.2) is 11.5 Å². The van der Waals surface area contributed by atoms with Gasteiger partial charge in [0.1, 0.15) is 0 Å². The number of sulfonamides is 1. The summed E-state index contributed by atoms with van der Waals surface area (Å²) in [5.74, 6) is 0.737. The van der Waals surface area contributed by atoms with Crippen LogP contribution in [0.15, 0.2) is 77.7 Å². The third-order valence-corrected chi connectivity index (χ3v) is 6.54. The fourth-order valence-corrected chi connectivity index (χ4v) is 4.71. The maximum Gasteiger partial charge on any atom is 0.264 e. The van der Waals surface area contributed by atoms with Crippen molar-refractivity contribution in [3.63, 3.8) is 0 Å². The lowest BCUT2D eigenvalue weighted by Crippen LogP contribution is -2.30. The Labute approximate surface area is 174 Å². The number of nitrogens with zero attached hydrogens (tertiary/aromatic N) is 1. The summed E-state index contributed by atoms with van der Waals surface area (Å²) < 4.78 is 38.3. The Morgan fingerprint density at radius 1 is 0.967 bits per heavy atom. The van der Waals surface area contributed by atoms with E-state index in [0.29, 0.717) is 22.9 Å². The summed E-state index contributed by atoms with van der Waals surface area (Å²) in [7, 11) is -3.82. The third kappa shape index (κ3) is 3.81. The molecule has 3 aromatic rings. The van der Waals surface area contributed by atoms with Gasteiger partial charge in [0.2, 0.25) is 6.79 Å². The van der Waals surface area contributed by atoms with Gasteiger partial charge in [0, 0.05) is 23.9 Å². The summed E-state index contributed by atoms with van der Waals surface area (Å²) in [5.41, 5.74) is 1.32. The van der Waals surface area contributed by atoms with Crippen LogP contribution in [0.25, 0.3) is 0 Å². The van der Waals surface area contributed by atoms with Crippen molar-refractivity contribution in [1.29, 1.82) is 0 Å². The highest BCUT2D eigenvalue weighted by Crippen LogP contribution is 2.34. The zero-order chi connectivity index (χ0) is 21.1. The number of hydrogen-bond donors (Lipinski definition) is 1. The maximum absolute atomic E-state index is 13.2. The monoisotopic (exact) mass is 424 g/mol. The molecule has 1 N–H and O–H groups in total. The summed E-state index contributed by atoms with van der Waals surface area (Å²) in [6.45, 7) is 2.17. The molecule has 0 fully saturated rings. The van der Waals surface area contributed by atoms with Crippen LogP contribution < -0.4 is 19.1 Å². The Morgan fingerprint density at radius 2 is 1.73 bits per heavy atom. The second-order valence-electron chi connectivity index (χ2n) is 6.56. The van der Waals surface area contributed by atoms with Crippen LogP contribution in [-0.2, 0) is 10.0 Å². The smallest absolute Gasteiger partial charge is 0.264 e. The molecule has 0 radical (unpaired) electrons. The standard InChI is InChI=1S/C22H20N2O5S/c1-2-24(18-8-4-3-5-9-18)30(26,27)19-10-6-7-16(13-19)22(25)23-17-11-12-20-21(14-17)29-15-28-20/h3-14H,2,15H2,1H3,(H,23,25). The largest absolute Gasteiger partial charge is 0.454 e. The number of fused-ring (bicyclic) bond motifs is 1. The molecule has 0 spiro atoms. The van der Waals surface area contributed by atoms with E-state index in [1.807, 2.05) is 6.07 Å². The molecule has 4 rings (SSSR count). The van der Waals surface area contributed by atoms with Gasteiger partial charge in [0.05, 0.1) is 10.6 Å². The molecule has 7 nitrogen and oxygen atoms in total. The molecule has 1 aliphatic heterocycles. The van der Waals surface area contributed by atoms with Gasteiger partial charge >= 0.3 is 0 Å². The van der Waals surface area contributed by atoms with Crippen LogP contribution in [0.4, 0.5) is 11.4 Å². The lowest BCUT2D eigenvalue weighted by molar-refractivity contribution is 0.102. The number of nitrogens with one attached hydrogen (secondary N) is 1. The Kier molecular flexibility index (Phi) is 5.33. The molecule has 8 heteroatoms. The fourth-order valence-electron chi connectivity index (χ4n) is 3.19. The van der Waals surface area contributed by atoms with Crippen LogP contribution in [0.3, 0.4) is 0 Å². The minimum Gasteiger partial charge on any atom is -0.454 e. The van der Waals surface area contributed by atoms with Crippen LogP contribution in [0.2, 0.25) is 0 Å². The van der Waals surface area contributed by atoms with Crippen molar-refractivity contribution in [2.75, 3.05) is 23.0 Å². The van der Waals surface area contributed by atoms with Gasteiger partial charge in [-0.1, -0.05) is 24.3 Å². The van der Waals surface area contributed by atoms with E-state index in [4.69, 9.17) is 9.47 Å². The first kappa shape index (κ1) is 19.8. The van der Waals surface area contributed by atoms with Crippen molar-refractivity contribution in [1.82, 2.24) is 0 Å². The topological polar surface area (TPSA) is 84.9 Å². The number of para-hydroxylation sites is 1. The van der Waals surface area contributed by atoms with Crippen molar-refractivity contribution in [3.8, 4) is 11.5 Å². The van der Waals surface area contributed by atoms with E-state index in [2.05, 4.69) is 5.32 Å². The molecule has 0 aliphatic carbocycles. The van der Waals surface area contributed by atoms with Crippen molar-refractivity contribution < 1.29 is 22.7 Å². The zero-order valence-electron chi connectivity index (χ0n) is 16.2. The van der Waals surface area contributed by atoms with Crippen LogP contribution in [0.1, 0.15) is 17.3 Å². The number of rotatable bonds is 6. The maximum atomic E-state index is 13.2. The zero-order valence-corrected chi connectivity index (χ0v) is 17.1. The fraction of sp³-hybridized carbons (Fsp3) is 0.136. The molecule has 1 amide bonds. The van der Waals surface area contributed by atoms with E-state index >= 15 is 0 Å². The van der Waals surface area contributed by atoms with E-state index in [-0.39, 0.29) is 23.8 Å². The normalized spacial score (nSPS) is 12.4. The molecule has 0 saturated heterocycles. The lowest BCUT2D eigenvalue weighted by Gasteiger charge is -2.23. The SMILES string of the molecule is CCN(c1ccccc1)S(=O)(=O)c1cccc(C(=O)Nc2ccc3c(c2)OCO3)c1. The molecule has 3 aromatic carbocycles. The Morgan fingerprint density at radius 3 is 2.50 bits per heavy atom. The summed E-state index contributed by atoms with van der Waals surface area (Å²) in [6.07, 6.45) is 0. The highest BCUT2D eigenvalue weighted by Gasteiger charge is 2.24. The number of anilines is 2. The average molecular weight is 424 g/mol. The van der Waals surface area contributed by atoms with E-state index in [0.717, 1.165) is 0 Å². The van der Waals surface area contributed by atoms with Crippen molar-refractivity contribution >= 4 is 27.3 Å². The highest BCUT2D eigenvalue weighted by molar-refractivity contribution is 7.92. The first-order valence-electron chi connectivity index (χ1n) is 9.38. The first-order chi connectivity index (χ1) is 14.5. The number of amides is 1. The Hall–Kier alpha value is -3.52. The predicted octanol–water partition coefficient (Wildman–Crippen LogP) is 3.88. The van der Waals surface area contributed by atoms with Gasteiger partial charge in [-0.25, -0.2) is 8.42 Å². The molecule has 1 aliphatic rings. The molecule has 0 bridgehead atoms. The molecule has 30 heavy (non-hydrogen) atoms. The second kappa shape index (κ2) is 8.08. The predicted molar refractivity (Wildman–Crippen MR) is 114 cm³/mol. The van der Waals surface area contributed by atoms with Gasteiger partial charge < -0.3 is 14.8 Å². The molecule has 0 atom stereocenters. The van der Waals surface area contributed by atoms with E-state index in [9.17, 15) is 13.2 Å². The summed E-state index contributed by atoms with van der Waals surface area (Å²) >= 11 is 0. The molecule has 0 aromatic heterocycles. The van der Waals surface area contributed by atoms with Crippen LogP contribution >= 0.6 is 0 Å². The quantitative estimate of drug-likeness (QED) is 0.649. The van der Waals surface area contributed by atoms with E-state index < -0.39 is 15.9 Å². The first-order valence-corrected chi connectivity index (χ1v) is 10.8. The summed E-state index contributed by atoms with van der Waals surface area (Å²) in [4.78, 5) is 12.8. The molecule has 0 saturated carbocycles. The van der Waals surface area contributed by atoms with Gasteiger partial charge in [-0.15, -0.1) is 0 Å². The molecule has 154 valence electrons. The van der Waals surface area contributed by atoms with E-state index in [1.165, 1.54) is 16.4 Å². The second-order valence-corrected chi connectivity index (χ2v) is 8.42. The molecule has 1 heterocycles. The molecule has 0 unspecified atom stereocenters. The van der Waals surface area contributed by atoms with Gasteiger partial charge in [-0.2, -0.15) is 0 Å². The number of ether oxygens (including phenoxy) is 2. The van der Waals surface area contributed by atoms with Crippen molar-refractivity contribution in [2.45, 2.75) is 11.8 Å². The Bertz CT molecular complexity index is 1180. The number of benzene rings is 3. The van der Waals surface area contributed by atoms with E-state index in [1.54, 1.807) is 61.5 Å². The highest BCUT2D eigenvalue weighted by atomic mass is 32.2. The molecular formula is C22H20N2O5S. The lowest BCUT2D eigenvalue weighted by atomic mass is 10.2. The molecular weight excluding hydrogens is 404 g/mol. The van der Waals surface area contributed by atoms with Gasteiger partial charge in [-0.05, 0) is 49.4 Å². The average Bonchev–Trinajstić information content (AvgIpc) is 3.23. The van der Waals surface area contributed by atoms with Crippen molar-refractivity contribution in [3.05, 3.63) is 78.4 Å². The van der Waals surface area contributed by atoms with Crippen LogP contribution in [-0.4, -0.2) is 27.7 Å². The number of carbonyl (C=O) groups excluding carboxylic acids is 1. The van der Waals surface area contributed by atoms with Crippen molar-refractivity contribution in [2.24, 2.45) is 0 Å². The third-order valence-electron chi connectivity index (χ3n) is 4.65. The van der Waals surface area contributed by atoms with Gasteiger partial charge in [-0.3, -0.25) is 9.10 Å². The minimum absolute atomic E-state index is 0.0477. The summed E-state index contributed by atoms with van der Waals surface area (Å²) in [5, 5.41) is 2.76. The summed E-state index contributed by atoms with van der Waals surface area (Å²) in [6, 6.07) is 19.9. The number of hydrogen-bond acceptors (Lipinski definition) is 5. The Balaban J connectivity index is 1.59. The van der Waals surface area contributed by atoms with Crippen LogP contribution in [0, 0.1) is 0 Å². The number of carbonyl (C=O) groups is 1. The van der Waals surface area contributed by atoms with Gasteiger partial charge in [0.25, 0.3) is 15.9 Å².